The number of amides is 2. The Morgan fingerprint density at radius 2 is 1.80 bits per heavy atom. The number of hydrogen-bond acceptors (Lipinski definition) is 5. The number of hydrogen-bond donors (Lipinski definition) is 1. The van der Waals surface area contributed by atoms with Gasteiger partial charge in [-0.25, -0.2) is 4.39 Å². The van der Waals surface area contributed by atoms with E-state index in [4.69, 9.17) is 9.47 Å². The third kappa shape index (κ3) is 7.13. The molecule has 9 heteroatoms. The highest BCUT2D eigenvalue weighted by molar-refractivity contribution is 6.13. The highest BCUT2D eigenvalue weighted by Gasteiger charge is 2.37. The van der Waals surface area contributed by atoms with Crippen LogP contribution >= 0.6 is 0 Å². The fourth-order valence-electron chi connectivity index (χ4n) is 5.94. The smallest absolute Gasteiger partial charge is 0.278 e. The van der Waals surface area contributed by atoms with Crippen molar-refractivity contribution in [3.8, 4) is 5.75 Å². The average Bonchev–Trinajstić information content (AvgIpc) is 3.29. The minimum atomic E-state index is -0.411. The van der Waals surface area contributed by atoms with Gasteiger partial charge in [-0.05, 0) is 70.2 Å². The number of ether oxygens (including phenoxy) is 2. The molecule has 3 aliphatic rings. The summed E-state index contributed by atoms with van der Waals surface area (Å²) in [4.78, 5) is 34.8. The van der Waals surface area contributed by atoms with Gasteiger partial charge in [-0.15, -0.1) is 0 Å². The number of benzene rings is 2. The second-order valence-electron chi connectivity index (χ2n) is 11.6. The third-order valence-corrected chi connectivity index (χ3v) is 8.18. The maximum absolute atomic E-state index is 15.2. The lowest BCUT2D eigenvalue weighted by Crippen LogP contribution is -2.44. The van der Waals surface area contributed by atoms with Crippen molar-refractivity contribution in [1.29, 1.82) is 0 Å². The van der Waals surface area contributed by atoms with Gasteiger partial charge in [0.25, 0.3) is 5.91 Å². The van der Waals surface area contributed by atoms with Crippen LogP contribution in [0.1, 0.15) is 61.0 Å². The summed E-state index contributed by atoms with van der Waals surface area (Å²) in [5.74, 6) is 0.166. The summed E-state index contributed by atoms with van der Waals surface area (Å²) in [6.07, 6.45) is 3.41. The van der Waals surface area contributed by atoms with E-state index in [0.717, 1.165) is 55.6 Å². The number of amidine groups is 1. The van der Waals surface area contributed by atoms with Gasteiger partial charge in [0.2, 0.25) is 5.91 Å². The zero-order valence-corrected chi connectivity index (χ0v) is 24.3. The molecule has 1 saturated carbocycles. The highest BCUT2D eigenvalue weighted by Crippen LogP contribution is 2.40. The lowest BCUT2D eigenvalue weighted by atomic mass is 9.84. The van der Waals surface area contributed by atoms with E-state index in [-0.39, 0.29) is 35.6 Å². The Morgan fingerprint density at radius 3 is 2.49 bits per heavy atom. The Bertz CT molecular complexity index is 1270. The first-order valence-corrected chi connectivity index (χ1v) is 14.8. The number of nitrogens with zero attached hydrogens (tertiary/aromatic N) is 3. The van der Waals surface area contributed by atoms with Gasteiger partial charge in [0.05, 0.1) is 13.2 Å². The quantitative estimate of drug-likeness (QED) is 0.507. The number of halogens is 1. The van der Waals surface area contributed by atoms with Gasteiger partial charge in [-0.1, -0.05) is 17.7 Å². The standard InChI is InChI=1S/C32H41FN4O4/c1-21(2)34-31(38)24-8-10-26(11-9-24)37-28-20-29(41-17-14-36-12-15-40-16-13-36)27(33)18-25(28)19-30(37)35-32(39)23-6-4-22(3)5-7-23/h4-7,18,20-21,24,26H,8-17,19H2,1-3H3,(H,34,38). The van der Waals surface area contributed by atoms with Crippen molar-refractivity contribution in [2.75, 3.05) is 44.4 Å². The van der Waals surface area contributed by atoms with E-state index in [2.05, 4.69) is 20.1 Å². The highest BCUT2D eigenvalue weighted by atomic mass is 19.1. The second kappa shape index (κ2) is 13.1. The molecule has 0 aromatic heterocycles. The van der Waals surface area contributed by atoms with Crippen LogP contribution in [0.25, 0.3) is 0 Å². The third-order valence-electron chi connectivity index (χ3n) is 8.18. The Hall–Kier alpha value is -3.30. The molecule has 220 valence electrons. The van der Waals surface area contributed by atoms with Gasteiger partial charge in [0, 0.05) is 61.4 Å². The SMILES string of the molecule is Cc1ccc(C(=O)N=C2Cc3cc(F)c(OCCN4CCOCC4)cc3N2C2CCC(C(=O)NC(C)C)CC2)cc1. The van der Waals surface area contributed by atoms with Crippen LogP contribution in [0.2, 0.25) is 0 Å². The maximum atomic E-state index is 15.2. The number of rotatable bonds is 8. The molecule has 2 heterocycles. The van der Waals surface area contributed by atoms with Crippen LogP contribution in [0, 0.1) is 18.7 Å². The van der Waals surface area contributed by atoms with E-state index >= 15 is 4.39 Å². The molecule has 0 spiro atoms. The summed E-state index contributed by atoms with van der Waals surface area (Å²) in [5, 5.41) is 3.04. The Kier molecular flexibility index (Phi) is 9.35. The van der Waals surface area contributed by atoms with Crippen molar-refractivity contribution in [2.24, 2.45) is 10.9 Å². The molecule has 2 aromatic carbocycles. The monoisotopic (exact) mass is 564 g/mol. The van der Waals surface area contributed by atoms with Crippen LogP contribution in [0.3, 0.4) is 0 Å². The molecule has 2 amide bonds. The first-order chi connectivity index (χ1) is 19.8. The van der Waals surface area contributed by atoms with Crippen molar-refractivity contribution in [3.63, 3.8) is 0 Å². The molecule has 0 atom stereocenters. The molecular weight excluding hydrogens is 523 g/mol. The summed E-state index contributed by atoms with van der Waals surface area (Å²) >= 11 is 0. The topological polar surface area (TPSA) is 83.5 Å². The van der Waals surface area contributed by atoms with E-state index < -0.39 is 5.82 Å². The van der Waals surface area contributed by atoms with E-state index in [1.54, 1.807) is 18.2 Å². The Balaban J connectivity index is 1.37. The first kappa shape index (κ1) is 29.2. The molecule has 1 aliphatic carbocycles. The summed E-state index contributed by atoms with van der Waals surface area (Å²) < 4.78 is 26.5. The van der Waals surface area contributed by atoms with E-state index in [1.165, 1.54) is 6.07 Å². The van der Waals surface area contributed by atoms with Gasteiger partial charge < -0.3 is 19.7 Å². The van der Waals surface area contributed by atoms with Crippen LogP contribution in [-0.4, -0.2) is 74.1 Å². The van der Waals surface area contributed by atoms with Gasteiger partial charge in [0.1, 0.15) is 12.4 Å². The second-order valence-corrected chi connectivity index (χ2v) is 11.6. The van der Waals surface area contributed by atoms with Crippen molar-refractivity contribution in [2.45, 2.75) is 65.0 Å². The molecule has 5 rings (SSSR count). The molecule has 0 unspecified atom stereocenters. The van der Waals surface area contributed by atoms with Crippen LogP contribution in [0.15, 0.2) is 41.4 Å². The lowest BCUT2D eigenvalue weighted by molar-refractivity contribution is -0.126. The lowest BCUT2D eigenvalue weighted by Gasteiger charge is -2.36. The molecule has 0 radical (unpaired) electrons. The molecule has 2 aliphatic heterocycles. The van der Waals surface area contributed by atoms with Gasteiger partial charge in [-0.2, -0.15) is 4.99 Å². The number of fused-ring (bicyclic) bond motifs is 1. The Labute approximate surface area is 241 Å². The molecule has 2 aromatic rings. The maximum Gasteiger partial charge on any atom is 0.278 e. The predicted molar refractivity (Wildman–Crippen MR) is 157 cm³/mol. The number of morpholine rings is 1. The predicted octanol–water partition coefficient (Wildman–Crippen LogP) is 4.53. The van der Waals surface area contributed by atoms with Crippen molar-refractivity contribution in [3.05, 3.63) is 58.9 Å². The summed E-state index contributed by atoms with van der Waals surface area (Å²) in [6.45, 7) is 10.1. The van der Waals surface area contributed by atoms with Gasteiger partial charge in [-0.3, -0.25) is 14.5 Å². The molecule has 41 heavy (non-hydrogen) atoms. The summed E-state index contributed by atoms with van der Waals surface area (Å²) in [5.41, 5.74) is 3.21. The zero-order valence-electron chi connectivity index (χ0n) is 24.3. The normalized spacial score (nSPS) is 22.2. The largest absolute Gasteiger partial charge is 0.489 e. The van der Waals surface area contributed by atoms with Gasteiger partial charge >= 0.3 is 0 Å². The van der Waals surface area contributed by atoms with Crippen LogP contribution in [0.4, 0.5) is 10.1 Å². The zero-order chi connectivity index (χ0) is 28.9. The minimum absolute atomic E-state index is 0.0300. The fraction of sp³-hybridized carbons (Fsp3) is 0.531. The molecular formula is C32H41FN4O4. The molecule has 1 N–H and O–H groups in total. The number of aliphatic imine (C=N–C) groups is 1. The van der Waals surface area contributed by atoms with E-state index in [0.29, 0.717) is 44.2 Å². The Morgan fingerprint density at radius 1 is 1.10 bits per heavy atom. The average molecular weight is 565 g/mol. The number of carbonyl (C=O) groups excluding carboxylic acids is 2. The fourth-order valence-corrected chi connectivity index (χ4v) is 5.94. The number of anilines is 1. The molecule has 8 nitrogen and oxygen atoms in total. The summed E-state index contributed by atoms with van der Waals surface area (Å²) in [7, 11) is 0. The first-order valence-electron chi connectivity index (χ1n) is 14.8. The molecule has 0 bridgehead atoms. The number of carbonyl (C=O) groups is 2. The number of nitrogens with one attached hydrogen (secondary N) is 1. The summed E-state index contributed by atoms with van der Waals surface area (Å²) in [6, 6.07) is 10.8. The number of aryl methyl sites for hydroxylation is 1. The minimum Gasteiger partial charge on any atom is -0.489 e. The molecule has 1 saturated heterocycles. The van der Waals surface area contributed by atoms with Gasteiger partial charge in [0.15, 0.2) is 11.6 Å². The van der Waals surface area contributed by atoms with Crippen molar-refractivity contribution >= 4 is 23.3 Å². The van der Waals surface area contributed by atoms with E-state index in [9.17, 15) is 9.59 Å². The van der Waals surface area contributed by atoms with Crippen LogP contribution in [-0.2, 0) is 16.0 Å². The van der Waals surface area contributed by atoms with Crippen LogP contribution < -0.4 is 15.0 Å². The van der Waals surface area contributed by atoms with Crippen LogP contribution in [0.5, 0.6) is 5.75 Å². The van der Waals surface area contributed by atoms with Crippen molar-refractivity contribution in [1.82, 2.24) is 10.2 Å². The van der Waals surface area contributed by atoms with E-state index in [1.807, 2.05) is 32.9 Å². The van der Waals surface area contributed by atoms with Crippen molar-refractivity contribution < 1.29 is 23.5 Å². The molecule has 2 fully saturated rings.